The zero-order valence-corrected chi connectivity index (χ0v) is 8.72. The number of aromatic hydroxyl groups is 1. The molecule has 13 heavy (non-hydrogen) atoms. The maximum Gasteiger partial charge on any atom is 0.115 e. The molecule has 0 aliphatic carbocycles. The van der Waals surface area contributed by atoms with Crippen LogP contribution in [0.25, 0.3) is 0 Å². The van der Waals surface area contributed by atoms with Crippen molar-refractivity contribution >= 4 is 23.2 Å². The molecule has 0 radical (unpaired) electrons. The van der Waals surface area contributed by atoms with Gasteiger partial charge in [0, 0.05) is 11.8 Å². The van der Waals surface area contributed by atoms with Crippen LogP contribution in [0.1, 0.15) is 5.56 Å². The summed E-state index contributed by atoms with van der Waals surface area (Å²) < 4.78 is 0. The smallest absolute Gasteiger partial charge is 0.115 e. The van der Waals surface area contributed by atoms with Gasteiger partial charge in [0.05, 0.1) is 0 Å². The number of phenolic OH excluding ortho intramolecular Hbond substituents is 1. The van der Waals surface area contributed by atoms with Crippen molar-refractivity contribution in [1.82, 2.24) is 0 Å². The summed E-state index contributed by atoms with van der Waals surface area (Å²) >= 11 is 11.4. The predicted octanol–water partition coefficient (Wildman–Crippen LogP) is 3.03. The lowest BCUT2D eigenvalue weighted by Gasteiger charge is -2.09. The van der Waals surface area contributed by atoms with Gasteiger partial charge in [-0.3, -0.25) is 0 Å². The molecule has 0 unspecified atom stereocenters. The quantitative estimate of drug-likeness (QED) is 0.771. The van der Waals surface area contributed by atoms with Crippen molar-refractivity contribution < 1.29 is 5.11 Å². The fraction of sp³-hybridized carbons (Fsp3) is 0.400. The predicted molar refractivity (Wildman–Crippen MR) is 56.7 cm³/mol. The van der Waals surface area contributed by atoms with Gasteiger partial charge in [0.15, 0.2) is 0 Å². The van der Waals surface area contributed by atoms with Crippen LogP contribution in [0, 0.1) is 5.92 Å². The molecule has 1 nitrogen and oxygen atoms in total. The van der Waals surface area contributed by atoms with Crippen LogP contribution in [-0.2, 0) is 6.42 Å². The summed E-state index contributed by atoms with van der Waals surface area (Å²) in [6.07, 6.45) is 0.821. The first kappa shape index (κ1) is 10.7. The standard InChI is InChI=1S/C10H12Cl2O/c11-6-9(7-12)4-8-2-1-3-10(13)5-8/h1-3,5,9,13H,4,6-7H2. The molecule has 0 heterocycles. The summed E-state index contributed by atoms with van der Waals surface area (Å²) in [6, 6.07) is 7.18. The van der Waals surface area contributed by atoms with E-state index < -0.39 is 0 Å². The highest BCUT2D eigenvalue weighted by Crippen LogP contribution is 2.16. The third kappa shape index (κ3) is 3.45. The van der Waals surface area contributed by atoms with Gasteiger partial charge in [-0.25, -0.2) is 0 Å². The summed E-state index contributed by atoms with van der Waals surface area (Å²) in [6.45, 7) is 0. The molecule has 1 N–H and O–H groups in total. The Morgan fingerprint density at radius 1 is 1.23 bits per heavy atom. The molecule has 0 aromatic heterocycles. The molecule has 1 rings (SSSR count). The van der Waals surface area contributed by atoms with Crippen molar-refractivity contribution in [2.45, 2.75) is 6.42 Å². The second-order valence-electron chi connectivity index (χ2n) is 3.05. The molecular formula is C10H12Cl2O. The molecule has 72 valence electrons. The van der Waals surface area contributed by atoms with E-state index in [-0.39, 0.29) is 5.92 Å². The van der Waals surface area contributed by atoms with Crippen LogP contribution in [0.15, 0.2) is 24.3 Å². The minimum atomic E-state index is 0.283. The molecule has 3 heteroatoms. The summed E-state index contributed by atoms with van der Waals surface area (Å²) in [5.74, 6) is 1.68. The van der Waals surface area contributed by atoms with Crippen LogP contribution in [0.3, 0.4) is 0 Å². The molecule has 1 aromatic rings. The fourth-order valence-electron chi connectivity index (χ4n) is 1.17. The zero-order chi connectivity index (χ0) is 9.68. The number of rotatable bonds is 4. The second kappa shape index (κ2) is 5.36. The number of hydrogen-bond donors (Lipinski definition) is 1. The van der Waals surface area contributed by atoms with Gasteiger partial charge in [-0.2, -0.15) is 0 Å². The van der Waals surface area contributed by atoms with E-state index in [4.69, 9.17) is 23.2 Å². The average molecular weight is 219 g/mol. The molecular weight excluding hydrogens is 207 g/mol. The molecule has 0 bridgehead atoms. The zero-order valence-electron chi connectivity index (χ0n) is 7.21. The lowest BCUT2D eigenvalue weighted by Crippen LogP contribution is -2.07. The van der Waals surface area contributed by atoms with Crippen LogP contribution in [0.4, 0.5) is 0 Å². The Morgan fingerprint density at radius 2 is 1.92 bits per heavy atom. The van der Waals surface area contributed by atoms with E-state index in [9.17, 15) is 5.11 Å². The van der Waals surface area contributed by atoms with Gasteiger partial charge in [0.25, 0.3) is 0 Å². The van der Waals surface area contributed by atoms with Crippen molar-refractivity contribution in [2.24, 2.45) is 5.92 Å². The molecule has 0 amide bonds. The maximum absolute atomic E-state index is 9.21. The largest absolute Gasteiger partial charge is 0.508 e. The normalized spacial score (nSPS) is 10.7. The Hall–Kier alpha value is -0.400. The van der Waals surface area contributed by atoms with Gasteiger partial charge >= 0.3 is 0 Å². The maximum atomic E-state index is 9.21. The Balaban J connectivity index is 2.62. The highest BCUT2D eigenvalue weighted by molar-refractivity contribution is 6.20. The SMILES string of the molecule is Oc1cccc(CC(CCl)CCl)c1. The van der Waals surface area contributed by atoms with Crippen LogP contribution >= 0.6 is 23.2 Å². The summed E-state index contributed by atoms with van der Waals surface area (Å²) in [4.78, 5) is 0. The fourth-order valence-corrected chi connectivity index (χ4v) is 1.72. The number of phenols is 1. The van der Waals surface area contributed by atoms with Gasteiger partial charge in [-0.15, -0.1) is 23.2 Å². The van der Waals surface area contributed by atoms with Gasteiger partial charge < -0.3 is 5.11 Å². The number of benzene rings is 1. The summed E-state index contributed by atoms with van der Waals surface area (Å²) in [5.41, 5.74) is 1.08. The Kier molecular flexibility index (Phi) is 4.40. The van der Waals surface area contributed by atoms with Crippen LogP contribution in [0.2, 0.25) is 0 Å². The van der Waals surface area contributed by atoms with E-state index in [1.54, 1.807) is 12.1 Å². The second-order valence-corrected chi connectivity index (χ2v) is 3.67. The highest BCUT2D eigenvalue weighted by atomic mass is 35.5. The van der Waals surface area contributed by atoms with Crippen molar-refractivity contribution in [3.63, 3.8) is 0 Å². The molecule has 0 aliphatic rings. The topological polar surface area (TPSA) is 20.2 Å². The Bertz CT molecular complexity index is 259. The van der Waals surface area contributed by atoms with Crippen LogP contribution in [-0.4, -0.2) is 16.9 Å². The van der Waals surface area contributed by atoms with Gasteiger partial charge in [-0.05, 0) is 30.0 Å². The van der Waals surface area contributed by atoms with E-state index in [0.717, 1.165) is 12.0 Å². The number of halogens is 2. The molecule has 0 saturated heterocycles. The minimum absolute atomic E-state index is 0.283. The van der Waals surface area contributed by atoms with E-state index in [1.165, 1.54) is 0 Å². The monoisotopic (exact) mass is 218 g/mol. The van der Waals surface area contributed by atoms with Crippen molar-refractivity contribution in [3.05, 3.63) is 29.8 Å². The first-order valence-electron chi connectivity index (χ1n) is 4.16. The average Bonchev–Trinajstić information content (AvgIpc) is 2.14. The first-order valence-corrected chi connectivity index (χ1v) is 5.23. The van der Waals surface area contributed by atoms with Crippen molar-refractivity contribution in [2.75, 3.05) is 11.8 Å². The molecule has 0 aliphatic heterocycles. The highest BCUT2D eigenvalue weighted by Gasteiger charge is 2.06. The van der Waals surface area contributed by atoms with Crippen LogP contribution in [0.5, 0.6) is 5.75 Å². The summed E-state index contributed by atoms with van der Waals surface area (Å²) in [5, 5.41) is 9.21. The first-order chi connectivity index (χ1) is 6.26. The van der Waals surface area contributed by atoms with Crippen molar-refractivity contribution in [3.8, 4) is 5.75 Å². The third-order valence-corrected chi connectivity index (χ3v) is 2.74. The lowest BCUT2D eigenvalue weighted by molar-refractivity contribution is 0.474. The minimum Gasteiger partial charge on any atom is -0.508 e. The van der Waals surface area contributed by atoms with Gasteiger partial charge in [0.1, 0.15) is 5.75 Å². The Morgan fingerprint density at radius 3 is 2.46 bits per heavy atom. The van der Waals surface area contributed by atoms with Crippen LogP contribution < -0.4 is 0 Å². The number of alkyl halides is 2. The molecule has 0 saturated carbocycles. The van der Waals surface area contributed by atoms with Crippen molar-refractivity contribution in [1.29, 1.82) is 0 Å². The molecule has 0 spiro atoms. The van der Waals surface area contributed by atoms with E-state index in [0.29, 0.717) is 17.5 Å². The van der Waals surface area contributed by atoms with E-state index in [2.05, 4.69) is 0 Å². The third-order valence-electron chi connectivity index (χ3n) is 1.87. The molecule has 0 atom stereocenters. The van der Waals surface area contributed by atoms with Gasteiger partial charge in [0.2, 0.25) is 0 Å². The molecule has 1 aromatic carbocycles. The molecule has 0 fully saturated rings. The number of hydrogen-bond acceptors (Lipinski definition) is 1. The Labute approximate surface area is 88.3 Å². The summed E-state index contributed by atoms with van der Waals surface area (Å²) in [7, 11) is 0. The lowest BCUT2D eigenvalue weighted by atomic mass is 10.0. The van der Waals surface area contributed by atoms with E-state index in [1.807, 2.05) is 12.1 Å². The van der Waals surface area contributed by atoms with E-state index >= 15 is 0 Å². The van der Waals surface area contributed by atoms with Gasteiger partial charge in [-0.1, -0.05) is 12.1 Å².